The minimum Gasteiger partial charge on any atom is -0.343 e. The lowest BCUT2D eigenvalue weighted by Crippen LogP contribution is -2.57. The summed E-state index contributed by atoms with van der Waals surface area (Å²) in [5.41, 5.74) is 2.45. The maximum Gasteiger partial charge on any atom is 0.247 e. The molecule has 36 heavy (non-hydrogen) atoms. The zero-order chi connectivity index (χ0) is 25.5. The molecule has 1 aliphatic heterocycles. The first-order valence-electron chi connectivity index (χ1n) is 13.1. The Morgan fingerprint density at radius 2 is 1.75 bits per heavy atom. The average Bonchev–Trinajstić information content (AvgIpc) is 3.42. The smallest absolute Gasteiger partial charge is 0.247 e. The molecule has 3 atom stereocenters. The molecule has 1 aromatic heterocycles. The molecule has 3 unspecified atom stereocenters. The Morgan fingerprint density at radius 1 is 1.00 bits per heavy atom. The van der Waals surface area contributed by atoms with Crippen LogP contribution in [0.25, 0.3) is 11.1 Å². The summed E-state index contributed by atoms with van der Waals surface area (Å²) in [5, 5.41) is 9.02. The SMILES string of the molecule is CNC(C)C(=O)NC(C(=O)N1CCCC1C(=O)Nc1ccncc1-c1ccccc1)C1CCCCC1. The summed E-state index contributed by atoms with van der Waals surface area (Å²) in [6, 6.07) is 9.99. The van der Waals surface area contributed by atoms with Gasteiger partial charge in [-0.05, 0) is 57.2 Å². The maximum absolute atomic E-state index is 13.8. The summed E-state index contributed by atoms with van der Waals surface area (Å²) in [7, 11) is 1.73. The van der Waals surface area contributed by atoms with Crippen molar-refractivity contribution in [3.63, 3.8) is 0 Å². The molecule has 1 saturated heterocycles. The van der Waals surface area contributed by atoms with Crippen LogP contribution in [0.5, 0.6) is 0 Å². The molecule has 2 fully saturated rings. The molecule has 8 nitrogen and oxygen atoms in total. The van der Waals surface area contributed by atoms with E-state index in [4.69, 9.17) is 0 Å². The highest BCUT2D eigenvalue weighted by atomic mass is 16.2. The fourth-order valence-electron chi connectivity index (χ4n) is 5.31. The van der Waals surface area contributed by atoms with E-state index in [1.54, 1.807) is 37.3 Å². The first-order chi connectivity index (χ1) is 17.5. The van der Waals surface area contributed by atoms with Crippen molar-refractivity contribution in [1.82, 2.24) is 20.5 Å². The topological polar surface area (TPSA) is 103 Å². The van der Waals surface area contributed by atoms with Crippen LogP contribution in [0.3, 0.4) is 0 Å². The van der Waals surface area contributed by atoms with Gasteiger partial charge < -0.3 is 20.9 Å². The lowest BCUT2D eigenvalue weighted by Gasteiger charge is -2.35. The van der Waals surface area contributed by atoms with Crippen LogP contribution in [-0.2, 0) is 14.4 Å². The minimum absolute atomic E-state index is 0.0912. The van der Waals surface area contributed by atoms with Gasteiger partial charge in [0.25, 0.3) is 0 Å². The van der Waals surface area contributed by atoms with Crippen LogP contribution in [0, 0.1) is 5.92 Å². The Labute approximate surface area is 213 Å². The van der Waals surface area contributed by atoms with Gasteiger partial charge in [-0.25, -0.2) is 0 Å². The van der Waals surface area contributed by atoms with Gasteiger partial charge in [0.1, 0.15) is 12.1 Å². The maximum atomic E-state index is 13.8. The summed E-state index contributed by atoms with van der Waals surface area (Å²) < 4.78 is 0. The molecule has 3 amide bonds. The Balaban J connectivity index is 1.52. The Bertz CT molecular complexity index is 1050. The van der Waals surface area contributed by atoms with Gasteiger partial charge >= 0.3 is 0 Å². The second kappa shape index (κ2) is 12.1. The largest absolute Gasteiger partial charge is 0.343 e. The van der Waals surface area contributed by atoms with Gasteiger partial charge in [-0.1, -0.05) is 49.6 Å². The molecule has 1 saturated carbocycles. The van der Waals surface area contributed by atoms with Gasteiger partial charge in [-0.3, -0.25) is 19.4 Å². The number of carbonyl (C=O) groups excluding carboxylic acids is 3. The second-order valence-corrected chi connectivity index (χ2v) is 9.86. The molecule has 2 aromatic rings. The normalized spacial score (nSPS) is 19.9. The third-order valence-corrected chi connectivity index (χ3v) is 7.51. The molecule has 1 aliphatic carbocycles. The number of likely N-dealkylation sites (N-methyl/N-ethyl adjacent to an activating group) is 1. The highest BCUT2D eigenvalue weighted by Gasteiger charge is 2.41. The van der Waals surface area contributed by atoms with Crippen LogP contribution < -0.4 is 16.0 Å². The molecule has 2 aliphatic rings. The third-order valence-electron chi connectivity index (χ3n) is 7.51. The van der Waals surface area contributed by atoms with Crippen LogP contribution in [0.1, 0.15) is 51.9 Å². The lowest BCUT2D eigenvalue weighted by molar-refractivity contribution is -0.142. The number of aromatic nitrogens is 1. The van der Waals surface area contributed by atoms with Gasteiger partial charge in [0.05, 0.1) is 11.7 Å². The number of likely N-dealkylation sites (tertiary alicyclic amines) is 1. The van der Waals surface area contributed by atoms with E-state index < -0.39 is 18.1 Å². The van der Waals surface area contributed by atoms with E-state index >= 15 is 0 Å². The van der Waals surface area contributed by atoms with Crippen molar-refractivity contribution >= 4 is 23.4 Å². The van der Waals surface area contributed by atoms with E-state index in [0.717, 1.165) is 49.7 Å². The summed E-state index contributed by atoms with van der Waals surface area (Å²) in [4.78, 5) is 46.0. The van der Waals surface area contributed by atoms with Crippen LogP contribution >= 0.6 is 0 Å². The van der Waals surface area contributed by atoms with Gasteiger partial charge in [0, 0.05) is 24.5 Å². The Hall–Kier alpha value is -3.26. The van der Waals surface area contributed by atoms with E-state index in [9.17, 15) is 14.4 Å². The first-order valence-corrected chi connectivity index (χ1v) is 13.1. The van der Waals surface area contributed by atoms with Crippen LogP contribution in [0.2, 0.25) is 0 Å². The number of anilines is 1. The Kier molecular flexibility index (Phi) is 8.70. The zero-order valence-electron chi connectivity index (χ0n) is 21.2. The van der Waals surface area contributed by atoms with Gasteiger partial charge in [0.2, 0.25) is 17.7 Å². The predicted octanol–water partition coefficient (Wildman–Crippen LogP) is 3.35. The molecule has 8 heteroatoms. The average molecular weight is 492 g/mol. The quantitative estimate of drug-likeness (QED) is 0.526. The third kappa shape index (κ3) is 5.93. The van der Waals surface area contributed by atoms with E-state index in [2.05, 4.69) is 20.9 Å². The number of nitrogens with zero attached hydrogens (tertiary/aromatic N) is 2. The first kappa shape index (κ1) is 25.8. The van der Waals surface area contributed by atoms with Crippen molar-refractivity contribution in [2.75, 3.05) is 18.9 Å². The molecule has 4 rings (SSSR count). The highest BCUT2D eigenvalue weighted by molar-refractivity contribution is 6.01. The molecule has 3 N–H and O–H groups in total. The van der Waals surface area contributed by atoms with Crippen molar-refractivity contribution in [3.8, 4) is 11.1 Å². The van der Waals surface area contributed by atoms with Gasteiger partial charge in [-0.2, -0.15) is 0 Å². The van der Waals surface area contributed by atoms with Crippen LogP contribution in [-0.4, -0.2) is 59.3 Å². The predicted molar refractivity (Wildman–Crippen MR) is 140 cm³/mol. The standard InChI is InChI=1S/C28H37N5O3/c1-19(29-2)26(34)32-25(21-12-7-4-8-13-21)28(36)33-17-9-14-24(33)27(35)31-23-15-16-30-18-22(23)20-10-5-3-6-11-20/h3,5-6,10-11,15-16,18-19,21,24-25,29H,4,7-9,12-14,17H2,1-2H3,(H,32,34)(H,30,31,35). The number of pyridine rings is 1. The molecule has 192 valence electrons. The fourth-order valence-corrected chi connectivity index (χ4v) is 5.31. The summed E-state index contributed by atoms with van der Waals surface area (Å²) in [6.07, 6.45) is 9.82. The number of benzene rings is 1. The monoisotopic (exact) mass is 491 g/mol. The lowest BCUT2D eigenvalue weighted by atomic mass is 9.83. The molecule has 2 heterocycles. The molecule has 1 aromatic carbocycles. The summed E-state index contributed by atoms with van der Waals surface area (Å²) >= 11 is 0. The summed E-state index contributed by atoms with van der Waals surface area (Å²) in [6.45, 7) is 2.29. The molecule has 0 radical (unpaired) electrons. The van der Waals surface area contributed by atoms with Crippen molar-refractivity contribution in [3.05, 3.63) is 48.8 Å². The molecule has 0 spiro atoms. The second-order valence-electron chi connectivity index (χ2n) is 9.86. The van der Waals surface area contributed by atoms with Crippen molar-refractivity contribution in [1.29, 1.82) is 0 Å². The number of hydrogen-bond acceptors (Lipinski definition) is 5. The highest BCUT2D eigenvalue weighted by Crippen LogP contribution is 2.31. The van der Waals surface area contributed by atoms with Gasteiger partial charge in [0.15, 0.2) is 0 Å². The number of hydrogen-bond donors (Lipinski definition) is 3. The molecule has 0 bridgehead atoms. The number of carbonyl (C=O) groups is 3. The van der Waals surface area contributed by atoms with Crippen LogP contribution in [0.15, 0.2) is 48.8 Å². The van der Waals surface area contributed by atoms with E-state index in [1.165, 1.54) is 0 Å². The molecular weight excluding hydrogens is 454 g/mol. The van der Waals surface area contributed by atoms with E-state index in [1.807, 2.05) is 30.3 Å². The van der Waals surface area contributed by atoms with Crippen molar-refractivity contribution in [2.45, 2.75) is 70.0 Å². The zero-order valence-corrected chi connectivity index (χ0v) is 21.2. The van der Waals surface area contributed by atoms with Gasteiger partial charge in [-0.15, -0.1) is 0 Å². The fraction of sp³-hybridized carbons (Fsp3) is 0.500. The van der Waals surface area contributed by atoms with Crippen molar-refractivity contribution in [2.24, 2.45) is 5.92 Å². The van der Waals surface area contributed by atoms with E-state index in [0.29, 0.717) is 18.7 Å². The number of rotatable bonds is 8. The van der Waals surface area contributed by atoms with E-state index in [-0.39, 0.29) is 23.6 Å². The number of nitrogens with one attached hydrogen (secondary N) is 3. The van der Waals surface area contributed by atoms with Crippen molar-refractivity contribution < 1.29 is 14.4 Å². The Morgan fingerprint density at radius 3 is 2.47 bits per heavy atom. The minimum atomic E-state index is -0.609. The summed E-state index contributed by atoms with van der Waals surface area (Å²) in [5.74, 6) is -0.449. The van der Waals surface area contributed by atoms with Crippen LogP contribution in [0.4, 0.5) is 5.69 Å². The molecular formula is C28H37N5O3. The number of amides is 3.